The van der Waals surface area contributed by atoms with Gasteiger partial charge in [-0.3, -0.25) is 0 Å². The van der Waals surface area contributed by atoms with Crippen molar-refractivity contribution >= 4 is 10.2 Å². The molecule has 0 aromatic carbocycles. The van der Waals surface area contributed by atoms with Crippen LogP contribution in [-0.2, 0) is 10.2 Å². The van der Waals surface area contributed by atoms with Gasteiger partial charge in [-0.2, -0.15) is 17.0 Å². The summed E-state index contributed by atoms with van der Waals surface area (Å²) in [5.74, 6) is 0.469. The van der Waals surface area contributed by atoms with Crippen LogP contribution in [0, 0.1) is 11.3 Å². The number of hydrogen-bond donors (Lipinski definition) is 1. The molecular formula is C12H25N3O2S. The summed E-state index contributed by atoms with van der Waals surface area (Å²) >= 11 is 0. The van der Waals surface area contributed by atoms with E-state index < -0.39 is 10.2 Å². The largest absolute Gasteiger partial charge is 0.330 e. The quantitative estimate of drug-likeness (QED) is 0.821. The van der Waals surface area contributed by atoms with Crippen molar-refractivity contribution in [3.05, 3.63) is 0 Å². The van der Waals surface area contributed by atoms with Gasteiger partial charge >= 0.3 is 0 Å². The first-order valence-electron chi connectivity index (χ1n) is 6.83. The van der Waals surface area contributed by atoms with Crippen LogP contribution in [0.3, 0.4) is 0 Å². The lowest BCUT2D eigenvalue weighted by Gasteiger charge is -2.33. The Morgan fingerprint density at radius 3 is 2.61 bits per heavy atom. The molecule has 2 aliphatic heterocycles. The molecule has 0 bridgehead atoms. The zero-order chi connectivity index (χ0) is 13.4. The predicted molar refractivity (Wildman–Crippen MR) is 72.2 cm³/mol. The maximum atomic E-state index is 12.5. The van der Waals surface area contributed by atoms with Crippen molar-refractivity contribution in [3.63, 3.8) is 0 Å². The Labute approximate surface area is 110 Å². The topological polar surface area (TPSA) is 66.6 Å². The molecule has 0 saturated carbocycles. The first-order valence-corrected chi connectivity index (χ1v) is 8.22. The fraction of sp³-hybridized carbons (Fsp3) is 1.00. The summed E-state index contributed by atoms with van der Waals surface area (Å²) in [5, 5.41) is 0. The van der Waals surface area contributed by atoms with Gasteiger partial charge in [-0.15, -0.1) is 0 Å². The highest BCUT2D eigenvalue weighted by Gasteiger charge is 2.41. The van der Waals surface area contributed by atoms with E-state index in [1.807, 2.05) is 0 Å². The maximum Gasteiger partial charge on any atom is 0.282 e. The average Bonchev–Trinajstić information content (AvgIpc) is 2.73. The van der Waals surface area contributed by atoms with Crippen LogP contribution in [0.15, 0.2) is 0 Å². The monoisotopic (exact) mass is 275 g/mol. The Balaban J connectivity index is 2.08. The second-order valence-electron chi connectivity index (χ2n) is 6.21. The molecule has 2 rings (SSSR count). The number of nitrogens with two attached hydrogens (primary N) is 1. The summed E-state index contributed by atoms with van der Waals surface area (Å²) in [5.41, 5.74) is 5.69. The Morgan fingerprint density at radius 2 is 2.06 bits per heavy atom. The second kappa shape index (κ2) is 5.07. The minimum absolute atomic E-state index is 0.0471. The zero-order valence-corrected chi connectivity index (χ0v) is 12.2. The Bertz CT molecular complexity index is 398. The Morgan fingerprint density at radius 1 is 1.33 bits per heavy atom. The number of piperidine rings is 1. The molecule has 2 fully saturated rings. The third kappa shape index (κ3) is 2.71. The van der Waals surface area contributed by atoms with Crippen LogP contribution < -0.4 is 5.73 Å². The maximum absolute atomic E-state index is 12.5. The van der Waals surface area contributed by atoms with Crippen molar-refractivity contribution in [1.29, 1.82) is 0 Å². The van der Waals surface area contributed by atoms with Crippen LogP contribution in [0.25, 0.3) is 0 Å². The predicted octanol–water partition coefficient (Wildman–Crippen LogP) is 0.634. The molecule has 0 spiro atoms. The van der Waals surface area contributed by atoms with Gasteiger partial charge in [0.1, 0.15) is 0 Å². The SMILES string of the molecule is CC1CCCN(S(=O)(=O)N2CCC(C)(CN)C2)C1. The third-order valence-electron chi connectivity index (χ3n) is 4.29. The molecule has 2 atom stereocenters. The highest BCUT2D eigenvalue weighted by atomic mass is 32.2. The molecule has 106 valence electrons. The first-order chi connectivity index (χ1) is 8.37. The van der Waals surface area contributed by atoms with Gasteiger partial charge in [-0.1, -0.05) is 13.8 Å². The Kier molecular flexibility index (Phi) is 4.02. The van der Waals surface area contributed by atoms with Crippen LogP contribution in [0.4, 0.5) is 0 Å². The van der Waals surface area contributed by atoms with Crippen LogP contribution in [-0.4, -0.2) is 49.8 Å². The van der Waals surface area contributed by atoms with Gasteiger partial charge in [0.25, 0.3) is 10.2 Å². The van der Waals surface area contributed by atoms with Crippen LogP contribution in [0.5, 0.6) is 0 Å². The molecule has 2 heterocycles. The molecular weight excluding hydrogens is 250 g/mol. The summed E-state index contributed by atoms with van der Waals surface area (Å²) < 4.78 is 28.4. The summed E-state index contributed by atoms with van der Waals surface area (Å²) in [7, 11) is -3.26. The van der Waals surface area contributed by atoms with Crippen molar-refractivity contribution in [2.75, 3.05) is 32.7 Å². The molecule has 6 heteroatoms. The normalized spacial score (nSPS) is 36.1. The number of rotatable bonds is 3. The van der Waals surface area contributed by atoms with Gasteiger partial charge in [0.05, 0.1) is 0 Å². The lowest BCUT2D eigenvalue weighted by molar-refractivity contribution is 0.259. The molecule has 0 aromatic rings. The Hall–Kier alpha value is -0.170. The minimum Gasteiger partial charge on any atom is -0.330 e. The molecule has 5 nitrogen and oxygen atoms in total. The standard InChI is InChI=1S/C12H25N3O2S/c1-11-4-3-6-14(8-11)18(16,17)15-7-5-12(2,9-13)10-15/h11H,3-10,13H2,1-2H3. The van der Waals surface area contributed by atoms with Gasteiger partial charge in [0, 0.05) is 26.2 Å². The average molecular weight is 275 g/mol. The highest BCUT2D eigenvalue weighted by molar-refractivity contribution is 7.86. The summed E-state index contributed by atoms with van der Waals surface area (Å²) in [4.78, 5) is 0. The molecule has 2 N–H and O–H groups in total. The molecule has 0 amide bonds. The van der Waals surface area contributed by atoms with E-state index in [0.29, 0.717) is 38.6 Å². The van der Waals surface area contributed by atoms with E-state index in [4.69, 9.17) is 5.73 Å². The smallest absolute Gasteiger partial charge is 0.282 e. The van der Waals surface area contributed by atoms with Gasteiger partial charge in [-0.05, 0) is 37.1 Å². The van der Waals surface area contributed by atoms with Crippen LogP contribution >= 0.6 is 0 Å². The summed E-state index contributed by atoms with van der Waals surface area (Å²) in [6, 6.07) is 0. The third-order valence-corrected chi connectivity index (χ3v) is 6.24. The van der Waals surface area contributed by atoms with E-state index in [0.717, 1.165) is 19.3 Å². The molecule has 2 saturated heterocycles. The fourth-order valence-electron chi connectivity index (χ4n) is 2.86. The van der Waals surface area contributed by atoms with Crippen molar-refractivity contribution < 1.29 is 8.42 Å². The van der Waals surface area contributed by atoms with Gasteiger partial charge < -0.3 is 5.73 Å². The molecule has 0 aromatic heterocycles. The van der Waals surface area contributed by atoms with E-state index in [-0.39, 0.29) is 5.41 Å². The minimum atomic E-state index is -3.26. The summed E-state index contributed by atoms with van der Waals surface area (Å²) in [6.07, 6.45) is 2.97. The van der Waals surface area contributed by atoms with Crippen molar-refractivity contribution in [1.82, 2.24) is 8.61 Å². The number of hydrogen-bond acceptors (Lipinski definition) is 3. The van der Waals surface area contributed by atoms with E-state index in [2.05, 4.69) is 13.8 Å². The van der Waals surface area contributed by atoms with E-state index in [1.165, 1.54) is 0 Å². The van der Waals surface area contributed by atoms with Crippen molar-refractivity contribution in [2.45, 2.75) is 33.1 Å². The second-order valence-corrected chi connectivity index (χ2v) is 8.14. The van der Waals surface area contributed by atoms with E-state index in [9.17, 15) is 8.42 Å². The van der Waals surface area contributed by atoms with Gasteiger partial charge in [0.15, 0.2) is 0 Å². The summed E-state index contributed by atoms with van der Waals surface area (Å²) in [6.45, 7) is 7.25. The van der Waals surface area contributed by atoms with E-state index in [1.54, 1.807) is 8.61 Å². The van der Waals surface area contributed by atoms with Gasteiger partial charge in [0.2, 0.25) is 0 Å². The lowest BCUT2D eigenvalue weighted by atomic mass is 9.90. The van der Waals surface area contributed by atoms with Crippen molar-refractivity contribution in [3.8, 4) is 0 Å². The van der Waals surface area contributed by atoms with Crippen LogP contribution in [0.1, 0.15) is 33.1 Å². The zero-order valence-electron chi connectivity index (χ0n) is 11.4. The molecule has 0 radical (unpaired) electrons. The molecule has 2 unspecified atom stereocenters. The first kappa shape index (κ1) is 14.2. The molecule has 2 aliphatic rings. The molecule has 18 heavy (non-hydrogen) atoms. The highest BCUT2D eigenvalue weighted by Crippen LogP contribution is 2.32. The fourth-order valence-corrected chi connectivity index (χ4v) is 4.79. The van der Waals surface area contributed by atoms with Gasteiger partial charge in [-0.25, -0.2) is 0 Å². The van der Waals surface area contributed by atoms with Crippen LogP contribution in [0.2, 0.25) is 0 Å². The van der Waals surface area contributed by atoms with Crippen molar-refractivity contribution in [2.24, 2.45) is 17.1 Å². The lowest BCUT2D eigenvalue weighted by Crippen LogP contribution is -2.47. The van der Waals surface area contributed by atoms with E-state index >= 15 is 0 Å². The number of nitrogens with zero attached hydrogens (tertiary/aromatic N) is 2. The molecule has 0 aliphatic carbocycles.